The number of anilines is 2. The highest BCUT2D eigenvalue weighted by atomic mass is 35.5. The molecular formula is C14H11Cl2FN2S. The van der Waals surface area contributed by atoms with E-state index in [-0.39, 0.29) is 10.8 Å². The molecule has 0 unspecified atom stereocenters. The molecule has 20 heavy (non-hydrogen) atoms. The molecule has 104 valence electrons. The monoisotopic (exact) mass is 328 g/mol. The van der Waals surface area contributed by atoms with Crippen LogP contribution in [0.3, 0.4) is 0 Å². The summed E-state index contributed by atoms with van der Waals surface area (Å²) >= 11 is 16.8. The SMILES string of the molecule is Cc1cc(Cl)ccc1NC(=S)Nc1cc(Cl)ccc1F. The third kappa shape index (κ3) is 3.82. The molecule has 0 aromatic heterocycles. The second-order valence-corrected chi connectivity index (χ2v) is 5.44. The minimum atomic E-state index is -0.425. The Kier molecular flexibility index (Phi) is 4.81. The van der Waals surface area contributed by atoms with Crippen molar-refractivity contribution in [1.82, 2.24) is 0 Å². The van der Waals surface area contributed by atoms with Crippen LogP contribution in [0, 0.1) is 12.7 Å². The fourth-order valence-electron chi connectivity index (χ4n) is 1.64. The standard InChI is InChI=1S/C14H11Cl2FN2S/c1-8-6-9(15)3-5-12(8)18-14(20)19-13-7-10(16)2-4-11(13)17/h2-7H,1H3,(H2,18,19,20). The maximum Gasteiger partial charge on any atom is 0.175 e. The third-order valence-corrected chi connectivity index (χ3v) is 3.29. The highest BCUT2D eigenvalue weighted by Crippen LogP contribution is 2.22. The molecule has 0 radical (unpaired) electrons. The van der Waals surface area contributed by atoms with Gasteiger partial charge >= 0.3 is 0 Å². The number of nitrogens with one attached hydrogen (secondary N) is 2. The van der Waals surface area contributed by atoms with Crippen molar-refractivity contribution < 1.29 is 4.39 Å². The molecule has 0 aliphatic carbocycles. The second kappa shape index (κ2) is 6.39. The van der Waals surface area contributed by atoms with Gasteiger partial charge in [-0.2, -0.15) is 0 Å². The summed E-state index contributed by atoms with van der Waals surface area (Å²) in [6, 6.07) is 9.59. The van der Waals surface area contributed by atoms with E-state index in [0.717, 1.165) is 11.3 Å². The van der Waals surface area contributed by atoms with E-state index in [2.05, 4.69) is 10.6 Å². The second-order valence-electron chi connectivity index (χ2n) is 4.16. The van der Waals surface area contributed by atoms with Gasteiger partial charge in [0.15, 0.2) is 5.11 Å². The van der Waals surface area contributed by atoms with Crippen molar-refractivity contribution in [3.8, 4) is 0 Å². The van der Waals surface area contributed by atoms with Gasteiger partial charge in [0.25, 0.3) is 0 Å². The van der Waals surface area contributed by atoms with E-state index in [4.69, 9.17) is 35.4 Å². The number of rotatable bonds is 2. The topological polar surface area (TPSA) is 24.1 Å². The van der Waals surface area contributed by atoms with Crippen LogP contribution in [0.1, 0.15) is 5.56 Å². The lowest BCUT2D eigenvalue weighted by Gasteiger charge is -2.13. The summed E-state index contributed by atoms with van der Waals surface area (Å²) in [4.78, 5) is 0. The van der Waals surface area contributed by atoms with Gasteiger partial charge in [-0.15, -0.1) is 0 Å². The lowest BCUT2D eigenvalue weighted by Crippen LogP contribution is -2.20. The Morgan fingerprint density at radius 3 is 2.30 bits per heavy atom. The first kappa shape index (κ1) is 15.0. The zero-order chi connectivity index (χ0) is 14.7. The van der Waals surface area contributed by atoms with Crippen LogP contribution in [0.2, 0.25) is 10.0 Å². The first-order chi connectivity index (χ1) is 9.45. The van der Waals surface area contributed by atoms with Gasteiger partial charge in [-0.05, 0) is 61.1 Å². The van der Waals surface area contributed by atoms with Gasteiger partial charge in [0.1, 0.15) is 5.82 Å². The van der Waals surface area contributed by atoms with Gasteiger partial charge < -0.3 is 10.6 Å². The summed E-state index contributed by atoms with van der Waals surface area (Å²) in [7, 11) is 0. The summed E-state index contributed by atoms with van der Waals surface area (Å²) in [6.07, 6.45) is 0. The van der Waals surface area contributed by atoms with Crippen molar-refractivity contribution >= 4 is 51.9 Å². The summed E-state index contributed by atoms with van der Waals surface area (Å²) < 4.78 is 13.6. The Labute approximate surface area is 131 Å². The highest BCUT2D eigenvalue weighted by Gasteiger charge is 2.06. The first-order valence-corrected chi connectivity index (χ1v) is 6.91. The summed E-state index contributed by atoms with van der Waals surface area (Å²) in [5.74, 6) is -0.425. The van der Waals surface area contributed by atoms with Crippen molar-refractivity contribution in [3.05, 3.63) is 57.8 Å². The van der Waals surface area contributed by atoms with E-state index in [1.165, 1.54) is 18.2 Å². The quantitative estimate of drug-likeness (QED) is 0.736. The summed E-state index contributed by atoms with van der Waals surface area (Å²) in [5.41, 5.74) is 1.96. The third-order valence-electron chi connectivity index (χ3n) is 2.61. The minimum Gasteiger partial charge on any atom is -0.332 e. The number of benzene rings is 2. The Bertz CT molecular complexity index is 662. The van der Waals surface area contributed by atoms with Crippen LogP contribution < -0.4 is 10.6 Å². The molecule has 0 atom stereocenters. The molecule has 6 heteroatoms. The molecule has 0 heterocycles. The normalized spacial score (nSPS) is 10.2. The van der Waals surface area contributed by atoms with E-state index < -0.39 is 5.82 Å². The molecule has 2 aromatic carbocycles. The zero-order valence-electron chi connectivity index (χ0n) is 10.5. The molecule has 2 aromatic rings. The predicted octanol–water partition coefficient (Wildman–Crippen LogP) is 5.25. The summed E-state index contributed by atoms with van der Waals surface area (Å²) in [6.45, 7) is 1.90. The zero-order valence-corrected chi connectivity index (χ0v) is 12.8. The van der Waals surface area contributed by atoms with Crippen LogP contribution in [0.4, 0.5) is 15.8 Å². The molecule has 0 amide bonds. The van der Waals surface area contributed by atoms with Gasteiger partial charge in [0.05, 0.1) is 5.69 Å². The molecule has 0 spiro atoms. The van der Waals surface area contributed by atoms with E-state index in [0.29, 0.717) is 10.0 Å². The fraction of sp³-hybridized carbons (Fsp3) is 0.0714. The Morgan fingerprint density at radius 1 is 1.00 bits per heavy atom. The average Bonchev–Trinajstić information content (AvgIpc) is 2.37. The molecule has 2 nitrogen and oxygen atoms in total. The van der Waals surface area contributed by atoms with E-state index in [1.54, 1.807) is 12.1 Å². The molecule has 0 saturated carbocycles. The Morgan fingerprint density at radius 2 is 1.60 bits per heavy atom. The molecule has 0 aliphatic rings. The minimum absolute atomic E-state index is 0.224. The highest BCUT2D eigenvalue weighted by molar-refractivity contribution is 7.80. The molecule has 2 N–H and O–H groups in total. The number of hydrogen-bond acceptors (Lipinski definition) is 1. The lowest BCUT2D eigenvalue weighted by atomic mass is 10.2. The molecule has 0 saturated heterocycles. The lowest BCUT2D eigenvalue weighted by molar-refractivity contribution is 0.632. The maximum atomic E-state index is 13.6. The van der Waals surface area contributed by atoms with Crippen molar-refractivity contribution in [2.75, 3.05) is 10.6 Å². The van der Waals surface area contributed by atoms with Crippen molar-refractivity contribution in [1.29, 1.82) is 0 Å². The molecular weight excluding hydrogens is 318 g/mol. The first-order valence-electron chi connectivity index (χ1n) is 5.75. The van der Waals surface area contributed by atoms with Gasteiger partial charge in [0, 0.05) is 15.7 Å². The number of halogens is 3. The Hall–Kier alpha value is -1.36. The average molecular weight is 329 g/mol. The van der Waals surface area contributed by atoms with Crippen molar-refractivity contribution in [2.45, 2.75) is 6.92 Å². The smallest absolute Gasteiger partial charge is 0.175 e. The molecule has 0 fully saturated rings. The summed E-state index contributed by atoms with van der Waals surface area (Å²) in [5, 5.41) is 7.10. The molecule has 0 bridgehead atoms. The van der Waals surface area contributed by atoms with Gasteiger partial charge in [-0.1, -0.05) is 23.2 Å². The fourth-order valence-corrected chi connectivity index (χ4v) is 2.26. The van der Waals surface area contributed by atoms with Crippen LogP contribution in [-0.4, -0.2) is 5.11 Å². The van der Waals surface area contributed by atoms with Crippen LogP contribution in [0.25, 0.3) is 0 Å². The van der Waals surface area contributed by atoms with Crippen molar-refractivity contribution in [3.63, 3.8) is 0 Å². The maximum absolute atomic E-state index is 13.6. The number of hydrogen-bond donors (Lipinski definition) is 2. The number of thiocarbonyl (C=S) groups is 1. The number of aryl methyl sites for hydroxylation is 1. The van der Waals surface area contributed by atoms with Crippen molar-refractivity contribution in [2.24, 2.45) is 0 Å². The molecule has 0 aliphatic heterocycles. The van der Waals surface area contributed by atoms with Crippen LogP contribution >= 0.6 is 35.4 Å². The van der Waals surface area contributed by atoms with Crippen LogP contribution in [0.5, 0.6) is 0 Å². The van der Waals surface area contributed by atoms with E-state index in [9.17, 15) is 4.39 Å². The van der Waals surface area contributed by atoms with E-state index in [1.807, 2.05) is 13.0 Å². The Balaban J connectivity index is 2.11. The van der Waals surface area contributed by atoms with Crippen LogP contribution in [0.15, 0.2) is 36.4 Å². The molecule has 2 rings (SSSR count). The van der Waals surface area contributed by atoms with E-state index >= 15 is 0 Å². The van der Waals surface area contributed by atoms with Crippen LogP contribution in [-0.2, 0) is 0 Å². The predicted molar refractivity (Wildman–Crippen MR) is 87.4 cm³/mol. The largest absolute Gasteiger partial charge is 0.332 e. The van der Waals surface area contributed by atoms with Gasteiger partial charge in [-0.25, -0.2) is 4.39 Å². The van der Waals surface area contributed by atoms with Gasteiger partial charge in [-0.3, -0.25) is 0 Å². The van der Waals surface area contributed by atoms with Gasteiger partial charge in [0.2, 0.25) is 0 Å².